The normalized spacial score (nSPS) is 16.7. The molecule has 0 saturated carbocycles. The van der Waals surface area contributed by atoms with E-state index in [2.05, 4.69) is 5.32 Å². The molecular weight excluding hydrogens is 486 g/mol. The van der Waals surface area contributed by atoms with Crippen molar-refractivity contribution in [2.75, 3.05) is 12.1 Å². The number of amides is 2. The van der Waals surface area contributed by atoms with E-state index in [4.69, 9.17) is 33.3 Å². The lowest BCUT2D eigenvalue weighted by Crippen LogP contribution is -2.37. The summed E-state index contributed by atoms with van der Waals surface area (Å²) in [6.45, 7) is 0.870. The second-order valence-electron chi connectivity index (χ2n) is 8.28. The molecule has 0 spiro atoms. The van der Waals surface area contributed by atoms with Crippen LogP contribution < -0.4 is 14.8 Å². The largest absolute Gasteiger partial charge is 0.454 e. The molecule has 2 aliphatic rings. The summed E-state index contributed by atoms with van der Waals surface area (Å²) in [5, 5.41) is 3.80. The van der Waals surface area contributed by atoms with Crippen LogP contribution >= 0.6 is 23.8 Å². The van der Waals surface area contributed by atoms with Crippen molar-refractivity contribution in [3.63, 3.8) is 0 Å². The van der Waals surface area contributed by atoms with E-state index >= 15 is 0 Å². The smallest absolute Gasteiger partial charge is 0.252 e. The molecule has 2 heterocycles. The molecular formula is C26H22ClN3O4S. The zero-order chi connectivity index (χ0) is 24.4. The van der Waals surface area contributed by atoms with E-state index in [1.54, 1.807) is 34.1 Å². The molecule has 0 aromatic heterocycles. The second kappa shape index (κ2) is 9.93. The highest BCUT2D eigenvalue weighted by Crippen LogP contribution is 2.34. The van der Waals surface area contributed by atoms with Gasteiger partial charge in [0.15, 0.2) is 16.6 Å². The summed E-state index contributed by atoms with van der Waals surface area (Å²) in [7, 11) is 0. The molecule has 5 rings (SSSR count). The molecule has 1 N–H and O–H groups in total. The minimum Gasteiger partial charge on any atom is -0.454 e. The molecule has 178 valence electrons. The maximum absolute atomic E-state index is 13.5. The van der Waals surface area contributed by atoms with Crippen LogP contribution in [0.4, 0.5) is 5.69 Å². The average Bonchev–Trinajstić information content (AvgIpc) is 3.41. The molecule has 2 aliphatic heterocycles. The number of benzene rings is 3. The minimum atomic E-state index is -0.732. The number of hydrogen-bond donors (Lipinski definition) is 1. The van der Waals surface area contributed by atoms with Crippen molar-refractivity contribution < 1.29 is 19.1 Å². The number of anilines is 1. The molecule has 1 fully saturated rings. The van der Waals surface area contributed by atoms with Gasteiger partial charge in [-0.2, -0.15) is 0 Å². The first-order valence-corrected chi connectivity index (χ1v) is 11.9. The monoisotopic (exact) mass is 507 g/mol. The average molecular weight is 508 g/mol. The first-order chi connectivity index (χ1) is 17.0. The Kier molecular flexibility index (Phi) is 6.57. The lowest BCUT2D eigenvalue weighted by Gasteiger charge is -2.24. The maximum Gasteiger partial charge on any atom is 0.252 e. The van der Waals surface area contributed by atoms with Gasteiger partial charge in [-0.3, -0.25) is 14.5 Å². The Morgan fingerprint density at radius 1 is 0.971 bits per heavy atom. The Labute approximate surface area is 213 Å². The van der Waals surface area contributed by atoms with Crippen molar-refractivity contribution in [2.24, 2.45) is 0 Å². The van der Waals surface area contributed by atoms with Gasteiger partial charge in [0.2, 0.25) is 12.7 Å². The summed E-state index contributed by atoms with van der Waals surface area (Å²) < 4.78 is 10.9. The molecule has 3 aromatic rings. The van der Waals surface area contributed by atoms with Gasteiger partial charge >= 0.3 is 0 Å². The second-order valence-corrected chi connectivity index (χ2v) is 9.08. The molecule has 0 radical (unpaired) electrons. The minimum absolute atomic E-state index is 0.0442. The van der Waals surface area contributed by atoms with Crippen molar-refractivity contribution in [1.82, 2.24) is 9.80 Å². The Morgan fingerprint density at radius 3 is 2.49 bits per heavy atom. The van der Waals surface area contributed by atoms with Gasteiger partial charge in [-0.25, -0.2) is 0 Å². The molecule has 35 heavy (non-hydrogen) atoms. The van der Waals surface area contributed by atoms with Crippen molar-refractivity contribution in [3.8, 4) is 11.5 Å². The molecule has 2 amide bonds. The highest BCUT2D eigenvalue weighted by Gasteiger charge is 2.43. The highest BCUT2D eigenvalue weighted by atomic mass is 35.5. The van der Waals surface area contributed by atoms with Gasteiger partial charge in [0.05, 0.1) is 13.0 Å². The quantitative estimate of drug-likeness (QED) is 0.471. The molecule has 3 aromatic carbocycles. The number of carbonyl (C=O) groups excluding carboxylic acids is 2. The van der Waals surface area contributed by atoms with Crippen LogP contribution in [0.2, 0.25) is 5.02 Å². The fraction of sp³-hybridized carbons (Fsp3) is 0.192. The van der Waals surface area contributed by atoms with Crippen molar-refractivity contribution in [2.45, 2.75) is 25.6 Å². The van der Waals surface area contributed by atoms with Crippen LogP contribution in [0.15, 0.2) is 72.8 Å². The fourth-order valence-electron chi connectivity index (χ4n) is 4.14. The molecule has 1 atom stereocenters. The van der Waals surface area contributed by atoms with Crippen LogP contribution in [0.5, 0.6) is 11.5 Å². The standard InChI is InChI=1S/C26H22ClN3O4S/c27-19-7-9-20(10-8-19)28-24(31)13-21-25(32)30(14-17-4-2-1-3-5-17)26(35)29(21)15-18-6-11-22-23(12-18)34-16-33-22/h1-12,21H,13-16H2,(H,28,31)/t21-/m1/s1. The number of nitrogens with one attached hydrogen (secondary N) is 1. The van der Waals surface area contributed by atoms with Crippen LogP contribution in [0, 0.1) is 0 Å². The topological polar surface area (TPSA) is 71.1 Å². The summed E-state index contributed by atoms with van der Waals surface area (Å²) in [5.41, 5.74) is 2.46. The van der Waals surface area contributed by atoms with Gasteiger partial charge in [0.1, 0.15) is 6.04 Å². The van der Waals surface area contributed by atoms with Crippen molar-refractivity contribution in [3.05, 3.63) is 88.9 Å². The van der Waals surface area contributed by atoms with Gasteiger partial charge in [-0.1, -0.05) is 48.0 Å². The van der Waals surface area contributed by atoms with E-state index in [9.17, 15) is 9.59 Å². The third kappa shape index (κ3) is 5.08. The summed E-state index contributed by atoms with van der Waals surface area (Å²) in [6.07, 6.45) is -0.0442. The molecule has 1 saturated heterocycles. The van der Waals surface area contributed by atoms with Crippen molar-refractivity contribution >= 4 is 46.4 Å². The van der Waals surface area contributed by atoms with Crippen LogP contribution in [-0.2, 0) is 22.7 Å². The van der Waals surface area contributed by atoms with Gasteiger partial charge in [0, 0.05) is 17.3 Å². The van der Waals surface area contributed by atoms with Crippen LogP contribution in [0.1, 0.15) is 17.5 Å². The number of fused-ring (bicyclic) bond motifs is 1. The highest BCUT2D eigenvalue weighted by molar-refractivity contribution is 7.80. The SMILES string of the molecule is O=C(C[C@@H]1C(=O)N(Cc2ccccc2)C(=S)N1Cc1ccc2c(c1)OCO2)Nc1ccc(Cl)cc1. The number of halogens is 1. The zero-order valence-electron chi connectivity index (χ0n) is 18.6. The van der Waals surface area contributed by atoms with Crippen molar-refractivity contribution in [1.29, 1.82) is 0 Å². The molecule has 0 unspecified atom stereocenters. The van der Waals surface area contributed by atoms with E-state index in [-0.39, 0.29) is 25.0 Å². The lowest BCUT2D eigenvalue weighted by atomic mass is 10.1. The maximum atomic E-state index is 13.5. The van der Waals surface area contributed by atoms with E-state index in [0.717, 1.165) is 11.1 Å². The summed E-state index contributed by atoms with van der Waals surface area (Å²) in [4.78, 5) is 29.8. The summed E-state index contributed by atoms with van der Waals surface area (Å²) in [5.74, 6) is 0.840. The number of ether oxygens (including phenoxy) is 2. The Hall–Kier alpha value is -3.62. The first-order valence-electron chi connectivity index (χ1n) is 11.1. The Balaban J connectivity index is 1.37. The lowest BCUT2D eigenvalue weighted by molar-refractivity contribution is -0.131. The predicted octanol–water partition coefficient (Wildman–Crippen LogP) is 4.60. The predicted molar refractivity (Wildman–Crippen MR) is 136 cm³/mol. The third-order valence-corrected chi connectivity index (χ3v) is 6.59. The summed E-state index contributed by atoms with van der Waals surface area (Å²) in [6, 6.07) is 21.3. The summed E-state index contributed by atoms with van der Waals surface area (Å²) >= 11 is 11.7. The van der Waals surface area contributed by atoms with Crippen LogP contribution in [0.3, 0.4) is 0 Å². The van der Waals surface area contributed by atoms with Gasteiger partial charge in [-0.05, 0) is 59.7 Å². The molecule has 7 nitrogen and oxygen atoms in total. The van der Waals surface area contributed by atoms with E-state index in [1.165, 1.54) is 0 Å². The Bertz CT molecular complexity index is 1270. The van der Waals surface area contributed by atoms with Gasteiger partial charge in [-0.15, -0.1) is 0 Å². The van der Waals surface area contributed by atoms with Crippen LogP contribution in [0.25, 0.3) is 0 Å². The molecule has 9 heteroatoms. The molecule has 0 aliphatic carbocycles. The van der Waals surface area contributed by atoms with Gasteiger partial charge in [0.25, 0.3) is 5.91 Å². The third-order valence-electron chi connectivity index (χ3n) is 5.88. The van der Waals surface area contributed by atoms with Crippen LogP contribution in [-0.4, -0.2) is 39.6 Å². The first kappa shape index (κ1) is 23.1. The zero-order valence-corrected chi connectivity index (χ0v) is 20.2. The Morgan fingerprint density at radius 2 is 1.71 bits per heavy atom. The van der Waals surface area contributed by atoms with Gasteiger partial charge < -0.3 is 19.7 Å². The van der Waals surface area contributed by atoms with E-state index in [0.29, 0.717) is 40.4 Å². The fourth-order valence-corrected chi connectivity index (χ4v) is 4.61. The number of rotatable bonds is 7. The number of nitrogens with zero attached hydrogens (tertiary/aromatic N) is 2. The van der Waals surface area contributed by atoms with E-state index in [1.807, 2.05) is 48.5 Å². The number of hydrogen-bond acceptors (Lipinski definition) is 5. The molecule has 0 bridgehead atoms. The van der Waals surface area contributed by atoms with E-state index < -0.39 is 6.04 Å². The number of carbonyl (C=O) groups is 2. The number of thiocarbonyl (C=S) groups is 1.